The van der Waals surface area contributed by atoms with Crippen molar-refractivity contribution in [2.24, 2.45) is 5.14 Å². The molecule has 0 heterocycles. The zero-order chi connectivity index (χ0) is 15.5. The molecule has 3 N–H and O–H groups in total. The van der Waals surface area contributed by atoms with Crippen molar-refractivity contribution in [2.45, 2.75) is 18.4 Å². The summed E-state index contributed by atoms with van der Waals surface area (Å²) < 4.78 is 23.0. The van der Waals surface area contributed by atoms with E-state index < -0.39 is 10.0 Å². The molecule has 2 aromatic rings. The molecule has 21 heavy (non-hydrogen) atoms. The van der Waals surface area contributed by atoms with Crippen LogP contribution in [0.15, 0.2) is 47.4 Å². The molecule has 108 valence electrons. The number of sulfonamides is 1. The summed E-state index contributed by atoms with van der Waals surface area (Å²) in [5.74, 6) is 0. The van der Waals surface area contributed by atoms with Crippen molar-refractivity contribution in [3.8, 4) is 6.07 Å². The number of primary sulfonamides is 1. The van der Waals surface area contributed by atoms with Crippen LogP contribution in [0.1, 0.15) is 16.7 Å². The fraction of sp³-hybridized carbons (Fsp3) is 0.133. The second-order valence-electron chi connectivity index (χ2n) is 4.60. The van der Waals surface area contributed by atoms with E-state index in [0.29, 0.717) is 23.4 Å². The van der Waals surface area contributed by atoms with Crippen molar-refractivity contribution >= 4 is 15.7 Å². The highest BCUT2D eigenvalue weighted by molar-refractivity contribution is 7.89. The van der Waals surface area contributed by atoms with Crippen molar-refractivity contribution in [1.29, 1.82) is 5.26 Å². The number of nitrogens with one attached hydrogen (secondary N) is 1. The maximum Gasteiger partial charge on any atom is 0.238 e. The summed E-state index contributed by atoms with van der Waals surface area (Å²) in [7, 11) is -3.74. The highest BCUT2D eigenvalue weighted by Gasteiger charge is 2.13. The first-order valence-electron chi connectivity index (χ1n) is 6.28. The first-order valence-corrected chi connectivity index (χ1v) is 7.82. The van der Waals surface area contributed by atoms with E-state index in [2.05, 4.69) is 11.4 Å². The summed E-state index contributed by atoms with van der Waals surface area (Å²) in [6.07, 6.45) is 0. The number of anilines is 1. The maximum absolute atomic E-state index is 11.5. The Balaban J connectivity index is 2.28. The molecule has 0 saturated heterocycles. The van der Waals surface area contributed by atoms with E-state index in [0.717, 1.165) is 5.56 Å². The third-order valence-corrected chi connectivity index (χ3v) is 4.25. The minimum absolute atomic E-state index is 0.0982. The lowest BCUT2D eigenvalue weighted by atomic mass is 10.1. The van der Waals surface area contributed by atoms with Gasteiger partial charge in [0.05, 0.1) is 16.5 Å². The Morgan fingerprint density at radius 1 is 1.19 bits per heavy atom. The van der Waals surface area contributed by atoms with Gasteiger partial charge >= 0.3 is 0 Å². The lowest BCUT2D eigenvalue weighted by Crippen LogP contribution is -2.14. The molecule has 2 rings (SSSR count). The molecule has 0 aromatic heterocycles. The largest absolute Gasteiger partial charge is 0.381 e. The summed E-state index contributed by atoms with van der Waals surface area (Å²) in [5.41, 5.74) is 2.68. The van der Waals surface area contributed by atoms with Crippen LogP contribution in [0, 0.1) is 18.3 Å². The van der Waals surface area contributed by atoms with E-state index in [1.54, 1.807) is 31.2 Å². The van der Waals surface area contributed by atoms with Gasteiger partial charge in [-0.3, -0.25) is 0 Å². The lowest BCUT2D eigenvalue weighted by Gasteiger charge is -2.13. The zero-order valence-electron chi connectivity index (χ0n) is 11.5. The number of rotatable bonds is 4. The van der Waals surface area contributed by atoms with Crippen molar-refractivity contribution in [3.63, 3.8) is 0 Å². The van der Waals surface area contributed by atoms with Gasteiger partial charge in [0, 0.05) is 12.2 Å². The van der Waals surface area contributed by atoms with E-state index >= 15 is 0 Å². The molecule has 0 fully saturated rings. The standard InChI is InChI=1S/C15H15N3O2S/c1-11-14(7-4-8-15(11)21(17,19)20)18-10-13-6-3-2-5-12(13)9-16/h2-8,18H,10H2,1H3,(H2,17,19,20). The molecule has 2 aromatic carbocycles. The van der Waals surface area contributed by atoms with E-state index in [4.69, 9.17) is 10.4 Å². The maximum atomic E-state index is 11.5. The normalized spacial score (nSPS) is 10.9. The fourth-order valence-corrected chi connectivity index (χ4v) is 2.89. The third kappa shape index (κ3) is 3.40. The molecule has 6 heteroatoms. The first-order chi connectivity index (χ1) is 9.93. The Kier molecular flexibility index (Phi) is 4.26. The van der Waals surface area contributed by atoms with Crippen molar-refractivity contribution in [2.75, 3.05) is 5.32 Å². The lowest BCUT2D eigenvalue weighted by molar-refractivity contribution is 0.597. The predicted molar refractivity (Wildman–Crippen MR) is 81.0 cm³/mol. The van der Waals surface area contributed by atoms with Crippen molar-refractivity contribution in [1.82, 2.24) is 0 Å². The third-order valence-electron chi connectivity index (χ3n) is 3.20. The van der Waals surface area contributed by atoms with Gasteiger partial charge in [-0.15, -0.1) is 0 Å². The quantitative estimate of drug-likeness (QED) is 0.904. The Labute approximate surface area is 124 Å². The molecule has 0 aliphatic rings. The van der Waals surface area contributed by atoms with Crippen molar-refractivity contribution in [3.05, 3.63) is 59.2 Å². The Morgan fingerprint density at radius 3 is 2.57 bits per heavy atom. The number of nitriles is 1. The minimum Gasteiger partial charge on any atom is -0.381 e. The van der Waals surface area contributed by atoms with E-state index in [9.17, 15) is 8.42 Å². The Hall–Kier alpha value is -2.36. The zero-order valence-corrected chi connectivity index (χ0v) is 12.3. The van der Waals surface area contributed by atoms with Crippen LogP contribution in [0.25, 0.3) is 0 Å². The number of hydrogen-bond donors (Lipinski definition) is 2. The number of nitrogens with two attached hydrogens (primary N) is 1. The molecule has 0 unspecified atom stereocenters. The van der Waals surface area contributed by atoms with E-state index in [-0.39, 0.29) is 4.90 Å². The van der Waals surface area contributed by atoms with Crippen LogP contribution >= 0.6 is 0 Å². The highest BCUT2D eigenvalue weighted by atomic mass is 32.2. The summed E-state index contributed by atoms with van der Waals surface area (Å²) in [4.78, 5) is 0.0982. The molecule has 0 aliphatic heterocycles. The van der Waals surface area contributed by atoms with Crippen LogP contribution in [0.2, 0.25) is 0 Å². The smallest absolute Gasteiger partial charge is 0.238 e. The SMILES string of the molecule is Cc1c(NCc2ccccc2C#N)cccc1S(N)(=O)=O. The van der Waals surface area contributed by atoms with Crippen LogP contribution in [-0.2, 0) is 16.6 Å². The van der Waals surface area contributed by atoms with Gasteiger partial charge in [-0.25, -0.2) is 13.6 Å². The van der Waals surface area contributed by atoms with Gasteiger partial charge in [-0.1, -0.05) is 24.3 Å². The minimum atomic E-state index is -3.74. The molecule has 0 bridgehead atoms. The van der Waals surface area contributed by atoms with E-state index in [1.807, 2.05) is 12.1 Å². The molecular weight excluding hydrogens is 286 g/mol. The van der Waals surface area contributed by atoms with E-state index in [1.165, 1.54) is 6.07 Å². The summed E-state index contributed by atoms with van der Waals surface area (Å²) in [5, 5.41) is 17.4. The second kappa shape index (κ2) is 5.95. The molecule has 5 nitrogen and oxygen atoms in total. The van der Waals surface area contributed by atoms with Crippen LogP contribution in [0.3, 0.4) is 0 Å². The monoisotopic (exact) mass is 301 g/mol. The van der Waals surface area contributed by atoms with Gasteiger partial charge in [0.15, 0.2) is 0 Å². The molecule has 0 aliphatic carbocycles. The predicted octanol–water partition coefficient (Wildman–Crippen LogP) is 2.13. The number of benzene rings is 2. The van der Waals surface area contributed by atoms with Gasteiger partial charge < -0.3 is 5.32 Å². The van der Waals surface area contributed by atoms with Crippen LogP contribution in [-0.4, -0.2) is 8.42 Å². The molecule has 0 amide bonds. The second-order valence-corrected chi connectivity index (χ2v) is 6.13. The van der Waals surface area contributed by atoms with Gasteiger partial charge in [-0.05, 0) is 36.2 Å². The van der Waals surface area contributed by atoms with Crippen LogP contribution in [0.4, 0.5) is 5.69 Å². The molecule has 0 atom stereocenters. The average molecular weight is 301 g/mol. The van der Waals surface area contributed by atoms with Gasteiger partial charge in [0.2, 0.25) is 10.0 Å². The molecule has 0 spiro atoms. The van der Waals surface area contributed by atoms with Gasteiger partial charge in [-0.2, -0.15) is 5.26 Å². The number of hydrogen-bond acceptors (Lipinski definition) is 4. The van der Waals surface area contributed by atoms with Crippen LogP contribution < -0.4 is 10.5 Å². The Morgan fingerprint density at radius 2 is 1.90 bits per heavy atom. The first kappa shape index (κ1) is 15.0. The van der Waals surface area contributed by atoms with Crippen LogP contribution in [0.5, 0.6) is 0 Å². The van der Waals surface area contributed by atoms with Gasteiger partial charge in [0.1, 0.15) is 0 Å². The average Bonchev–Trinajstić information content (AvgIpc) is 2.45. The topological polar surface area (TPSA) is 96.0 Å². The summed E-state index contributed by atoms with van der Waals surface area (Å²) in [6.45, 7) is 2.12. The molecular formula is C15H15N3O2S. The molecule has 0 saturated carbocycles. The summed E-state index contributed by atoms with van der Waals surface area (Å²) >= 11 is 0. The summed E-state index contributed by atoms with van der Waals surface area (Å²) in [6, 6.07) is 14.3. The van der Waals surface area contributed by atoms with Crippen molar-refractivity contribution < 1.29 is 8.42 Å². The molecule has 0 radical (unpaired) electrons. The number of nitrogens with zero attached hydrogens (tertiary/aromatic N) is 1. The van der Waals surface area contributed by atoms with Gasteiger partial charge in [0.25, 0.3) is 0 Å². The fourth-order valence-electron chi connectivity index (χ4n) is 2.09. The highest BCUT2D eigenvalue weighted by Crippen LogP contribution is 2.22. The Bertz CT molecular complexity index is 808.